The Morgan fingerprint density at radius 3 is 1.17 bits per heavy atom. The highest BCUT2D eigenvalue weighted by atomic mass is 16.4. The summed E-state index contributed by atoms with van der Waals surface area (Å²) >= 11 is 0. The van der Waals surface area contributed by atoms with E-state index in [1.807, 2.05) is 0 Å². The lowest BCUT2D eigenvalue weighted by molar-refractivity contribution is -0.138. The van der Waals surface area contributed by atoms with Gasteiger partial charge in [0.25, 0.3) is 0 Å². The minimum atomic E-state index is -0.754. The number of aliphatic hydroxyl groups is 2. The summed E-state index contributed by atoms with van der Waals surface area (Å²) in [5.74, 6) is -1.51. The average molecular weight is 346 g/mol. The summed E-state index contributed by atoms with van der Waals surface area (Å²) in [6, 6.07) is 0. The van der Waals surface area contributed by atoms with Crippen molar-refractivity contribution in [2.75, 3.05) is 0 Å². The van der Waals surface area contributed by atoms with E-state index in [1.54, 1.807) is 0 Å². The molecule has 0 rings (SSSR count). The van der Waals surface area contributed by atoms with Crippen molar-refractivity contribution in [2.45, 2.75) is 102 Å². The number of unbranched alkanes of at least 4 members (excludes halogenated alkanes) is 8. The van der Waals surface area contributed by atoms with Crippen molar-refractivity contribution in [1.82, 2.24) is 0 Å². The molecule has 0 heterocycles. The molecule has 0 fully saturated rings. The van der Waals surface area contributed by atoms with Crippen LogP contribution in [-0.2, 0) is 9.59 Å². The molecule has 6 heteroatoms. The highest BCUT2D eigenvalue weighted by Gasteiger charge is 2.15. The second-order valence-electron chi connectivity index (χ2n) is 6.54. The zero-order valence-corrected chi connectivity index (χ0v) is 14.7. The van der Waals surface area contributed by atoms with Crippen molar-refractivity contribution in [1.29, 1.82) is 0 Å². The van der Waals surface area contributed by atoms with Gasteiger partial charge in [0.1, 0.15) is 0 Å². The van der Waals surface area contributed by atoms with Gasteiger partial charge in [-0.25, -0.2) is 0 Å². The van der Waals surface area contributed by atoms with E-state index in [4.69, 9.17) is 10.2 Å². The molecule has 0 aliphatic carbocycles. The quantitative estimate of drug-likeness (QED) is 0.300. The van der Waals surface area contributed by atoms with Crippen LogP contribution in [0.4, 0.5) is 0 Å². The minimum absolute atomic E-state index is 0.220. The Hall–Kier alpha value is -1.14. The van der Waals surface area contributed by atoms with Crippen LogP contribution in [-0.4, -0.2) is 44.6 Å². The molecular formula is C18H34O6. The molecule has 0 amide bonds. The van der Waals surface area contributed by atoms with E-state index >= 15 is 0 Å². The van der Waals surface area contributed by atoms with Crippen molar-refractivity contribution in [3.63, 3.8) is 0 Å². The van der Waals surface area contributed by atoms with E-state index in [-0.39, 0.29) is 12.8 Å². The maximum atomic E-state index is 10.4. The first-order valence-electron chi connectivity index (χ1n) is 9.23. The molecule has 2 atom stereocenters. The first-order chi connectivity index (χ1) is 11.4. The van der Waals surface area contributed by atoms with Gasteiger partial charge in [-0.1, -0.05) is 51.4 Å². The monoisotopic (exact) mass is 346 g/mol. The third-order valence-electron chi connectivity index (χ3n) is 4.23. The van der Waals surface area contributed by atoms with Gasteiger partial charge in [-0.05, 0) is 25.7 Å². The average Bonchev–Trinajstić information content (AvgIpc) is 2.51. The second-order valence-corrected chi connectivity index (χ2v) is 6.54. The van der Waals surface area contributed by atoms with Crippen LogP contribution in [0.25, 0.3) is 0 Å². The highest BCUT2D eigenvalue weighted by molar-refractivity contribution is 5.66. The molecule has 0 radical (unpaired) electrons. The summed E-state index contributed by atoms with van der Waals surface area (Å²) in [4.78, 5) is 20.7. The maximum absolute atomic E-state index is 10.4. The van der Waals surface area contributed by atoms with Crippen molar-refractivity contribution in [3.05, 3.63) is 0 Å². The minimum Gasteiger partial charge on any atom is -0.481 e. The van der Waals surface area contributed by atoms with Gasteiger partial charge in [-0.15, -0.1) is 0 Å². The van der Waals surface area contributed by atoms with Crippen molar-refractivity contribution in [2.24, 2.45) is 0 Å². The van der Waals surface area contributed by atoms with Crippen molar-refractivity contribution >= 4 is 11.9 Å². The third-order valence-corrected chi connectivity index (χ3v) is 4.23. The second kappa shape index (κ2) is 15.4. The fourth-order valence-corrected chi connectivity index (χ4v) is 2.70. The SMILES string of the molecule is O=C(O)CCCCCCC[C@@H](O)[C@@H](O)CCCCCCCC(=O)O. The Morgan fingerprint density at radius 2 is 0.833 bits per heavy atom. The van der Waals surface area contributed by atoms with Gasteiger partial charge in [0.15, 0.2) is 0 Å². The molecule has 0 aromatic heterocycles. The van der Waals surface area contributed by atoms with Gasteiger partial charge < -0.3 is 20.4 Å². The van der Waals surface area contributed by atoms with E-state index in [1.165, 1.54) is 0 Å². The van der Waals surface area contributed by atoms with E-state index < -0.39 is 24.1 Å². The van der Waals surface area contributed by atoms with Crippen LogP contribution < -0.4 is 0 Å². The van der Waals surface area contributed by atoms with E-state index in [0.717, 1.165) is 51.4 Å². The third kappa shape index (κ3) is 15.7. The number of rotatable bonds is 17. The number of carbonyl (C=O) groups is 2. The summed E-state index contributed by atoms with van der Waals surface area (Å²) in [7, 11) is 0. The Kier molecular flexibility index (Phi) is 14.7. The molecule has 0 aromatic rings. The zero-order valence-electron chi connectivity index (χ0n) is 14.7. The fraction of sp³-hybridized carbons (Fsp3) is 0.889. The molecule has 0 spiro atoms. The largest absolute Gasteiger partial charge is 0.481 e. The molecule has 0 aromatic carbocycles. The van der Waals surface area contributed by atoms with Crippen LogP contribution in [0.3, 0.4) is 0 Å². The normalized spacial score (nSPS) is 13.6. The van der Waals surface area contributed by atoms with Gasteiger partial charge in [-0.3, -0.25) is 9.59 Å². The number of aliphatic carboxylic acids is 2. The van der Waals surface area contributed by atoms with Crippen LogP contribution in [0, 0.1) is 0 Å². The molecule has 0 bridgehead atoms. The number of carboxylic acid groups (broad SMARTS) is 2. The molecule has 6 nitrogen and oxygen atoms in total. The Morgan fingerprint density at radius 1 is 0.542 bits per heavy atom. The first-order valence-corrected chi connectivity index (χ1v) is 9.23. The summed E-state index contributed by atoms with van der Waals surface area (Å²) in [5, 5.41) is 36.8. The molecule has 0 aliphatic heterocycles. The van der Waals surface area contributed by atoms with Crippen molar-refractivity contribution < 1.29 is 30.0 Å². The number of carboxylic acids is 2. The summed E-state index contributed by atoms with van der Waals surface area (Å²) < 4.78 is 0. The van der Waals surface area contributed by atoms with Gasteiger partial charge in [0.05, 0.1) is 12.2 Å². The molecule has 142 valence electrons. The standard InChI is InChI=1S/C18H34O6/c19-15(11-7-3-1-5-9-13-17(21)22)16(20)12-8-4-2-6-10-14-18(23)24/h15-16,19-20H,1-14H2,(H,21,22)(H,23,24)/t15-,16+. The predicted octanol–water partition coefficient (Wildman–Crippen LogP) is 3.34. The summed E-state index contributed by atoms with van der Waals surface area (Å²) in [6.07, 6.45) is 8.96. The van der Waals surface area contributed by atoms with Gasteiger partial charge in [0.2, 0.25) is 0 Å². The predicted molar refractivity (Wildman–Crippen MR) is 91.9 cm³/mol. The highest BCUT2D eigenvalue weighted by Crippen LogP contribution is 2.15. The topological polar surface area (TPSA) is 115 Å². The lowest BCUT2D eigenvalue weighted by atomic mass is 9.99. The van der Waals surface area contributed by atoms with Crippen LogP contribution in [0.2, 0.25) is 0 Å². The smallest absolute Gasteiger partial charge is 0.303 e. The van der Waals surface area contributed by atoms with Crippen LogP contribution in [0.1, 0.15) is 89.9 Å². The van der Waals surface area contributed by atoms with E-state index in [9.17, 15) is 19.8 Å². The number of hydrogen-bond acceptors (Lipinski definition) is 4. The Balaban J connectivity index is 3.41. The van der Waals surface area contributed by atoms with Gasteiger partial charge in [-0.2, -0.15) is 0 Å². The lowest BCUT2D eigenvalue weighted by Gasteiger charge is -2.17. The van der Waals surface area contributed by atoms with Crippen molar-refractivity contribution in [3.8, 4) is 0 Å². The molecule has 24 heavy (non-hydrogen) atoms. The fourth-order valence-electron chi connectivity index (χ4n) is 2.70. The molecule has 4 N–H and O–H groups in total. The molecule has 0 saturated heterocycles. The number of hydrogen-bond donors (Lipinski definition) is 4. The van der Waals surface area contributed by atoms with Crippen LogP contribution in [0.15, 0.2) is 0 Å². The van der Waals surface area contributed by atoms with Gasteiger partial charge in [0, 0.05) is 12.8 Å². The molecule has 0 aliphatic rings. The Bertz CT molecular complexity index is 299. The first kappa shape index (κ1) is 22.9. The summed E-state index contributed by atoms with van der Waals surface area (Å²) in [5.41, 5.74) is 0. The molecule has 0 unspecified atom stereocenters. The molecular weight excluding hydrogens is 312 g/mol. The maximum Gasteiger partial charge on any atom is 0.303 e. The zero-order chi connectivity index (χ0) is 18.2. The van der Waals surface area contributed by atoms with Crippen LogP contribution in [0.5, 0.6) is 0 Å². The molecule has 0 saturated carbocycles. The van der Waals surface area contributed by atoms with E-state index in [2.05, 4.69) is 0 Å². The Labute approximate surface area is 144 Å². The number of aliphatic hydroxyl groups excluding tert-OH is 2. The van der Waals surface area contributed by atoms with Crippen LogP contribution >= 0.6 is 0 Å². The lowest BCUT2D eigenvalue weighted by Crippen LogP contribution is -2.25. The van der Waals surface area contributed by atoms with E-state index in [0.29, 0.717) is 25.7 Å². The van der Waals surface area contributed by atoms with Gasteiger partial charge >= 0.3 is 11.9 Å². The summed E-state index contributed by atoms with van der Waals surface area (Å²) in [6.45, 7) is 0.